The van der Waals surface area contributed by atoms with E-state index in [1.54, 1.807) is 18.4 Å². The molecule has 2 nitrogen and oxygen atoms in total. The van der Waals surface area contributed by atoms with Crippen LogP contribution in [0.3, 0.4) is 0 Å². The van der Waals surface area contributed by atoms with Crippen LogP contribution in [0.15, 0.2) is 23.7 Å². The number of hydrogen-bond acceptors (Lipinski definition) is 3. The summed E-state index contributed by atoms with van der Waals surface area (Å²) in [6.45, 7) is 4.17. The summed E-state index contributed by atoms with van der Waals surface area (Å²) in [6, 6.07) is 6.07. The molecule has 0 saturated heterocycles. The number of aryl methyl sites for hydroxylation is 2. The van der Waals surface area contributed by atoms with Crippen LogP contribution in [0.5, 0.6) is 5.75 Å². The zero-order chi connectivity index (χ0) is 10.8. The second-order valence-electron chi connectivity index (χ2n) is 3.44. The van der Waals surface area contributed by atoms with Crippen molar-refractivity contribution in [1.29, 1.82) is 0 Å². The van der Waals surface area contributed by atoms with Crippen molar-refractivity contribution in [3.8, 4) is 17.0 Å². The molecule has 0 aliphatic carbocycles. The minimum absolute atomic E-state index is 0.893. The molecular weight excluding hydrogens is 206 g/mol. The Labute approximate surface area is 93.6 Å². The quantitative estimate of drug-likeness (QED) is 0.772. The Morgan fingerprint density at radius 2 is 2.07 bits per heavy atom. The lowest BCUT2D eigenvalue weighted by molar-refractivity contribution is 0.414. The van der Waals surface area contributed by atoms with E-state index in [4.69, 9.17) is 4.74 Å². The summed E-state index contributed by atoms with van der Waals surface area (Å²) < 4.78 is 5.18. The fraction of sp³-hybridized carbons (Fsp3) is 0.250. The molecule has 0 fully saturated rings. The molecule has 15 heavy (non-hydrogen) atoms. The predicted octanol–water partition coefficient (Wildman–Crippen LogP) is 3.44. The Morgan fingerprint density at radius 3 is 2.60 bits per heavy atom. The molecule has 3 heteroatoms. The fourth-order valence-corrected chi connectivity index (χ4v) is 2.18. The molecule has 1 aromatic heterocycles. The molecule has 0 spiro atoms. The van der Waals surface area contributed by atoms with Crippen molar-refractivity contribution in [1.82, 2.24) is 4.98 Å². The Kier molecular flexibility index (Phi) is 2.73. The fourth-order valence-electron chi connectivity index (χ4n) is 1.59. The first-order valence-corrected chi connectivity index (χ1v) is 5.65. The number of rotatable bonds is 2. The number of thiazole rings is 1. The van der Waals surface area contributed by atoms with E-state index in [-0.39, 0.29) is 0 Å². The van der Waals surface area contributed by atoms with Gasteiger partial charge in [0, 0.05) is 10.4 Å². The van der Waals surface area contributed by atoms with Gasteiger partial charge in [-0.15, -0.1) is 11.3 Å². The van der Waals surface area contributed by atoms with Crippen molar-refractivity contribution in [2.24, 2.45) is 0 Å². The SMILES string of the molecule is COc1ccc(-c2ncsc2C)c(C)c1. The van der Waals surface area contributed by atoms with Gasteiger partial charge in [-0.05, 0) is 37.6 Å². The van der Waals surface area contributed by atoms with Gasteiger partial charge < -0.3 is 4.74 Å². The van der Waals surface area contributed by atoms with Gasteiger partial charge in [-0.3, -0.25) is 0 Å². The Hall–Kier alpha value is -1.35. The highest BCUT2D eigenvalue weighted by Gasteiger charge is 2.08. The number of methoxy groups -OCH3 is 1. The van der Waals surface area contributed by atoms with Gasteiger partial charge in [0.15, 0.2) is 0 Å². The van der Waals surface area contributed by atoms with Gasteiger partial charge in [0.05, 0.1) is 18.3 Å². The van der Waals surface area contributed by atoms with Crippen molar-refractivity contribution in [2.45, 2.75) is 13.8 Å². The first-order valence-electron chi connectivity index (χ1n) is 4.77. The maximum atomic E-state index is 5.18. The van der Waals surface area contributed by atoms with Crippen LogP contribution in [0.4, 0.5) is 0 Å². The summed E-state index contributed by atoms with van der Waals surface area (Å²) in [5.74, 6) is 0.893. The van der Waals surface area contributed by atoms with E-state index in [0.717, 1.165) is 11.4 Å². The van der Waals surface area contributed by atoms with Crippen molar-refractivity contribution in [2.75, 3.05) is 7.11 Å². The number of hydrogen-bond donors (Lipinski definition) is 0. The van der Waals surface area contributed by atoms with Crippen LogP contribution < -0.4 is 4.74 Å². The third-order valence-electron chi connectivity index (χ3n) is 2.43. The van der Waals surface area contributed by atoms with E-state index >= 15 is 0 Å². The Morgan fingerprint density at radius 1 is 1.27 bits per heavy atom. The molecule has 0 bridgehead atoms. The van der Waals surface area contributed by atoms with Crippen LogP contribution in [-0.4, -0.2) is 12.1 Å². The smallest absolute Gasteiger partial charge is 0.119 e. The lowest BCUT2D eigenvalue weighted by atomic mass is 10.0. The Bertz CT molecular complexity index is 476. The molecule has 1 heterocycles. The molecule has 0 amide bonds. The molecule has 78 valence electrons. The van der Waals surface area contributed by atoms with Gasteiger partial charge in [-0.1, -0.05) is 0 Å². The van der Waals surface area contributed by atoms with Gasteiger partial charge in [-0.2, -0.15) is 0 Å². The molecular formula is C12H13NOS. The van der Waals surface area contributed by atoms with E-state index < -0.39 is 0 Å². The van der Waals surface area contributed by atoms with Crippen LogP contribution in [0.25, 0.3) is 11.3 Å². The summed E-state index contributed by atoms with van der Waals surface area (Å²) in [5.41, 5.74) is 5.35. The molecule has 0 atom stereocenters. The zero-order valence-electron chi connectivity index (χ0n) is 9.07. The van der Waals surface area contributed by atoms with Gasteiger partial charge in [0.25, 0.3) is 0 Å². The first-order chi connectivity index (χ1) is 7.22. The number of benzene rings is 1. The number of ether oxygens (including phenoxy) is 1. The van der Waals surface area contributed by atoms with Gasteiger partial charge in [0.1, 0.15) is 5.75 Å². The van der Waals surface area contributed by atoms with Crippen LogP contribution >= 0.6 is 11.3 Å². The van der Waals surface area contributed by atoms with Crippen LogP contribution in [-0.2, 0) is 0 Å². The normalized spacial score (nSPS) is 10.3. The molecule has 2 aromatic rings. The van der Waals surface area contributed by atoms with E-state index in [2.05, 4.69) is 24.9 Å². The average molecular weight is 219 g/mol. The highest BCUT2D eigenvalue weighted by atomic mass is 32.1. The van der Waals surface area contributed by atoms with Crippen molar-refractivity contribution < 1.29 is 4.74 Å². The maximum Gasteiger partial charge on any atom is 0.119 e. The van der Waals surface area contributed by atoms with Crippen LogP contribution in [0, 0.1) is 13.8 Å². The molecule has 0 N–H and O–H groups in total. The zero-order valence-corrected chi connectivity index (χ0v) is 9.89. The summed E-state index contributed by atoms with van der Waals surface area (Å²) in [7, 11) is 1.68. The topological polar surface area (TPSA) is 22.1 Å². The van der Waals surface area contributed by atoms with Crippen molar-refractivity contribution >= 4 is 11.3 Å². The predicted molar refractivity (Wildman–Crippen MR) is 63.6 cm³/mol. The third kappa shape index (κ3) is 1.88. The number of aromatic nitrogens is 1. The van der Waals surface area contributed by atoms with E-state index in [0.29, 0.717) is 0 Å². The molecule has 0 unspecified atom stereocenters. The molecule has 1 aromatic carbocycles. The standard InChI is InChI=1S/C12H13NOS/c1-8-6-10(14-3)4-5-11(8)12-9(2)15-7-13-12/h4-7H,1-3H3. The van der Waals surface area contributed by atoms with E-state index in [9.17, 15) is 0 Å². The molecule has 0 aliphatic rings. The molecule has 0 radical (unpaired) electrons. The summed E-state index contributed by atoms with van der Waals surface area (Å²) in [6.07, 6.45) is 0. The van der Waals surface area contributed by atoms with Gasteiger partial charge >= 0.3 is 0 Å². The highest BCUT2D eigenvalue weighted by molar-refractivity contribution is 7.10. The lowest BCUT2D eigenvalue weighted by Gasteiger charge is -2.06. The second kappa shape index (κ2) is 4.03. The van der Waals surface area contributed by atoms with Crippen molar-refractivity contribution in [3.63, 3.8) is 0 Å². The van der Waals surface area contributed by atoms with Gasteiger partial charge in [0.2, 0.25) is 0 Å². The van der Waals surface area contributed by atoms with Crippen molar-refractivity contribution in [3.05, 3.63) is 34.2 Å². The highest BCUT2D eigenvalue weighted by Crippen LogP contribution is 2.29. The number of nitrogens with zero attached hydrogens (tertiary/aromatic N) is 1. The minimum Gasteiger partial charge on any atom is -0.497 e. The van der Waals surface area contributed by atoms with Gasteiger partial charge in [-0.25, -0.2) is 4.98 Å². The average Bonchev–Trinajstić information content (AvgIpc) is 2.64. The second-order valence-corrected chi connectivity index (χ2v) is 4.50. The molecule has 2 rings (SSSR count). The van der Waals surface area contributed by atoms with E-state index in [1.807, 2.05) is 17.6 Å². The summed E-state index contributed by atoms with van der Waals surface area (Å²) >= 11 is 1.68. The summed E-state index contributed by atoms with van der Waals surface area (Å²) in [5, 5.41) is 0. The van der Waals surface area contributed by atoms with E-state index in [1.165, 1.54) is 16.0 Å². The monoisotopic (exact) mass is 219 g/mol. The largest absolute Gasteiger partial charge is 0.497 e. The maximum absolute atomic E-state index is 5.18. The Balaban J connectivity index is 2.50. The minimum atomic E-state index is 0.893. The summed E-state index contributed by atoms with van der Waals surface area (Å²) in [4.78, 5) is 5.63. The molecule has 0 saturated carbocycles. The van der Waals surface area contributed by atoms with Crippen LogP contribution in [0.2, 0.25) is 0 Å². The van der Waals surface area contributed by atoms with Crippen LogP contribution in [0.1, 0.15) is 10.4 Å². The lowest BCUT2D eigenvalue weighted by Crippen LogP contribution is -1.88. The first kappa shape index (κ1) is 10.2. The third-order valence-corrected chi connectivity index (χ3v) is 3.19. The molecule has 0 aliphatic heterocycles.